The zero-order valence-corrected chi connectivity index (χ0v) is 13.1. The highest BCUT2D eigenvalue weighted by molar-refractivity contribution is 9.10. The summed E-state index contributed by atoms with van der Waals surface area (Å²) in [6.07, 6.45) is 1.68. The van der Waals surface area contributed by atoms with Gasteiger partial charge in [0.05, 0.1) is 26.9 Å². The van der Waals surface area contributed by atoms with Gasteiger partial charge in [-0.05, 0) is 33.4 Å². The number of benzene rings is 1. The van der Waals surface area contributed by atoms with E-state index >= 15 is 0 Å². The molecule has 0 aliphatic heterocycles. The molecule has 1 aromatic carbocycles. The topological polar surface area (TPSA) is 40.7 Å². The average Bonchev–Trinajstić information content (AvgIpc) is 3.11. The van der Waals surface area contributed by atoms with Crippen LogP contribution in [0.25, 0.3) is 10.6 Å². The van der Waals surface area contributed by atoms with E-state index in [2.05, 4.69) is 31.4 Å². The van der Waals surface area contributed by atoms with E-state index in [1.165, 1.54) is 0 Å². The number of anilines is 1. The summed E-state index contributed by atoms with van der Waals surface area (Å²) in [6.45, 7) is 0.349. The van der Waals surface area contributed by atoms with Crippen LogP contribution in [-0.2, 0) is 6.54 Å². The zero-order valence-electron chi connectivity index (χ0n) is 10.7. The first kappa shape index (κ1) is 14.2. The number of hydrogen-bond donors (Lipinski definition) is 2. The van der Waals surface area contributed by atoms with Crippen LogP contribution in [0, 0.1) is 11.6 Å². The Hall–Kier alpha value is -1.73. The minimum Gasteiger partial charge on any atom is -0.378 e. The average molecular weight is 370 g/mol. The zero-order chi connectivity index (χ0) is 14.8. The first-order chi connectivity index (χ1) is 10.1. The van der Waals surface area contributed by atoms with Gasteiger partial charge in [-0.25, -0.2) is 8.78 Å². The Bertz CT molecular complexity index is 756. The van der Waals surface area contributed by atoms with Gasteiger partial charge in [0.25, 0.3) is 0 Å². The van der Waals surface area contributed by atoms with E-state index in [1.54, 1.807) is 17.5 Å². The highest BCUT2D eigenvalue weighted by Gasteiger charge is 2.11. The number of aromatic nitrogens is 2. The van der Waals surface area contributed by atoms with Gasteiger partial charge in [0, 0.05) is 18.2 Å². The molecule has 108 valence electrons. The van der Waals surface area contributed by atoms with E-state index in [4.69, 9.17) is 0 Å². The second-order valence-corrected chi connectivity index (χ2v) is 6.15. The SMILES string of the molecule is Fc1cc(NCc2cn[nH]c2-c2cccs2)c(F)cc1Br. The van der Waals surface area contributed by atoms with Crippen molar-refractivity contribution in [1.29, 1.82) is 0 Å². The number of aromatic amines is 1. The van der Waals surface area contributed by atoms with Crippen LogP contribution in [0.5, 0.6) is 0 Å². The second-order valence-electron chi connectivity index (χ2n) is 4.35. The summed E-state index contributed by atoms with van der Waals surface area (Å²) in [5.74, 6) is -1.02. The van der Waals surface area contributed by atoms with Crippen molar-refractivity contribution in [2.75, 3.05) is 5.32 Å². The molecule has 0 spiro atoms. The number of nitrogens with one attached hydrogen (secondary N) is 2. The number of halogens is 3. The smallest absolute Gasteiger partial charge is 0.147 e. The summed E-state index contributed by atoms with van der Waals surface area (Å²) in [7, 11) is 0. The van der Waals surface area contributed by atoms with Crippen molar-refractivity contribution in [3.05, 3.63) is 57.5 Å². The van der Waals surface area contributed by atoms with E-state index in [0.29, 0.717) is 6.54 Å². The maximum atomic E-state index is 13.8. The third-order valence-corrected chi connectivity index (χ3v) is 4.46. The predicted octanol–water partition coefficient (Wildman–Crippen LogP) is 4.79. The fourth-order valence-corrected chi connectivity index (χ4v) is 3.00. The number of thiophene rings is 1. The molecule has 21 heavy (non-hydrogen) atoms. The lowest BCUT2D eigenvalue weighted by atomic mass is 10.2. The first-order valence-electron chi connectivity index (χ1n) is 6.09. The fourth-order valence-electron chi connectivity index (χ4n) is 1.93. The van der Waals surface area contributed by atoms with E-state index in [9.17, 15) is 8.78 Å². The van der Waals surface area contributed by atoms with Crippen molar-refractivity contribution in [3.63, 3.8) is 0 Å². The van der Waals surface area contributed by atoms with Crippen LogP contribution >= 0.6 is 27.3 Å². The maximum Gasteiger partial charge on any atom is 0.147 e. The first-order valence-corrected chi connectivity index (χ1v) is 7.77. The highest BCUT2D eigenvalue weighted by Crippen LogP contribution is 2.27. The molecule has 7 heteroatoms. The summed E-state index contributed by atoms with van der Waals surface area (Å²) >= 11 is 4.54. The molecule has 2 aromatic heterocycles. The van der Waals surface area contributed by atoms with Gasteiger partial charge in [0.1, 0.15) is 11.6 Å². The molecule has 2 heterocycles. The number of H-pyrrole nitrogens is 1. The van der Waals surface area contributed by atoms with Gasteiger partial charge in [-0.15, -0.1) is 11.3 Å². The van der Waals surface area contributed by atoms with Gasteiger partial charge in [-0.2, -0.15) is 5.10 Å². The molecular weight excluding hydrogens is 360 g/mol. The predicted molar refractivity (Wildman–Crippen MR) is 83.3 cm³/mol. The van der Waals surface area contributed by atoms with Crippen LogP contribution in [0.15, 0.2) is 40.3 Å². The standard InChI is InChI=1S/C14H10BrF2N3S/c15-9-4-11(17)12(5-10(9)16)18-6-8-7-19-20-14(8)13-2-1-3-21-13/h1-5,7,18H,6H2,(H,19,20). The maximum absolute atomic E-state index is 13.8. The van der Waals surface area contributed by atoms with Crippen molar-refractivity contribution < 1.29 is 8.78 Å². The molecule has 0 fully saturated rings. The minimum absolute atomic E-state index is 0.105. The molecule has 0 aliphatic carbocycles. The summed E-state index contributed by atoms with van der Waals surface area (Å²) < 4.78 is 27.3. The van der Waals surface area contributed by atoms with Crippen LogP contribution in [0.4, 0.5) is 14.5 Å². The Morgan fingerprint density at radius 3 is 2.90 bits per heavy atom. The largest absolute Gasteiger partial charge is 0.378 e. The monoisotopic (exact) mass is 369 g/mol. The highest BCUT2D eigenvalue weighted by atomic mass is 79.9. The summed E-state index contributed by atoms with van der Waals surface area (Å²) in [5.41, 5.74) is 1.89. The third-order valence-electron chi connectivity index (χ3n) is 2.96. The van der Waals surface area contributed by atoms with Crippen LogP contribution in [0.3, 0.4) is 0 Å². The quantitative estimate of drug-likeness (QED) is 0.649. The van der Waals surface area contributed by atoms with E-state index in [1.807, 2.05) is 17.5 Å². The molecule has 0 amide bonds. The molecular formula is C14H10BrF2N3S. The normalized spacial score (nSPS) is 10.8. The number of rotatable bonds is 4. The van der Waals surface area contributed by atoms with Crippen LogP contribution in [0.1, 0.15) is 5.56 Å². The van der Waals surface area contributed by atoms with Crippen LogP contribution in [0.2, 0.25) is 0 Å². The molecule has 0 atom stereocenters. The third kappa shape index (κ3) is 2.98. The van der Waals surface area contributed by atoms with Crippen molar-refractivity contribution >= 4 is 33.0 Å². The molecule has 0 saturated heterocycles. The number of hydrogen-bond acceptors (Lipinski definition) is 3. The van der Waals surface area contributed by atoms with E-state index < -0.39 is 11.6 Å². The molecule has 3 nitrogen and oxygen atoms in total. The molecule has 0 unspecified atom stereocenters. The van der Waals surface area contributed by atoms with Gasteiger partial charge in [-0.3, -0.25) is 5.10 Å². The molecule has 0 saturated carbocycles. The minimum atomic E-state index is -0.510. The molecule has 0 bridgehead atoms. The lowest BCUT2D eigenvalue weighted by molar-refractivity contribution is 0.596. The molecule has 0 aliphatic rings. The summed E-state index contributed by atoms with van der Waals surface area (Å²) in [6, 6.07) is 6.15. The molecule has 2 N–H and O–H groups in total. The Kier molecular flexibility index (Phi) is 4.03. The molecule has 3 aromatic rings. The van der Waals surface area contributed by atoms with Crippen LogP contribution in [-0.4, -0.2) is 10.2 Å². The van der Waals surface area contributed by atoms with Crippen molar-refractivity contribution in [2.45, 2.75) is 6.54 Å². The van der Waals surface area contributed by atoms with E-state index in [-0.39, 0.29) is 10.2 Å². The Labute approximate surface area is 132 Å². The lowest BCUT2D eigenvalue weighted by Crippen LogP contribution is -2.02. The van der Waals surface area contributed by atoms with Crippen molar-refractivity contribution in [1.82, 2.24) is 10.2 Å². The fraction of sp³-hybridized carbons (Fsp3) is 0.0714. The van der Waals surface area contributed by atoms with Gasteiger partial charge in [0.2, 0.25) is 0 Å². The lowest BCUT2D eigenvalue weighted by Gasteiger charge is -2.08. The summed E-state index contributed by atoms with van der Waals surface area (Å²) in [4.78, 5) is 1.05. The van der Waals surface area contributed by atoms with Gasteiger partial charge < -0.3 is 5.32 Å². The Morgan fingerprint density at radius 1 is 1.29 bits per heavy atom. The second kappa shape index (κ2) is 5.95. The van der Waals surface area contributed by atoms with Gasteiger partial charge in [0.15, 0.2) is 0 Å². The molecule has 0 radical (unpaired) electrons. The van der Waals surface area contributed by atoms with Gasteiger partial charge >= 0.3 is 0 Å². The van der Waals surface area contributed by atoms with Crippen molar-refractivity contribution in [3.8, 4) is 10.6 Å². The van der Waals surface area contributed by atoms with Gasteiger partial charge in [-0.1, -0.05) is 6.07 Å². The Balaban J connectivity index is 1.80. The number of nitrogens with zero attached hydrogens (tertiary/aromatic N) is 1. The van der Waals surface area contributed by atoms with Crippen molar-refractivity contribution in [2.24, 2.45) is 0 Å². The molecule has 3 rings (SSSR count). The Morgan fingerprint density at radius 2 is 2.14 bits per heavy atom. The summed E-state index contributed by atoms with van der Waals surface area (Å²) in [5, 5.41) is 11.8. The van der Waals surface area contributed by atoms with E-state index in [0.717, 1.165) is 28.3 Å². The van der Waals surface area contributed by atoms with Crippen LogP contribution < -0.4 is 5.32 Å².